The summed E-state index contributed by atoms with van der Waals surface area (Å²) in [6, 6.07) is 15.5. The Kier molecular flexibility index (Phi) is 11.3. The monoisotopic (exact) mass is 826 g/mol. The van der Waals surface area contributed by atoms with Crippen LogP contribution in [0.15, 0.2) is 72.8 Å². The van der Waals surface area contributed by atoms with Crippen molar-refractivity contribution in [2.45, 2.75) is 77.7 Å². The fourth-order valence-corrected chi connectivity index (χ4v) is 9.42. The third kappa shape index (κ3) is 8.36. The molecule has 2 aliphatic heterocycles. The molecule has 16 heteroatoms. The first-order valence-corrected chi connectivity index (χ1v) is 20.1. The van der Waals surface area contributed by atoms with Crippen molar-refractivity contribution in [2.24, 2.45) is 47.3 Å². The molecule has 0 unspecified atom stereocenters. The molecule has 2 saturated heterocycles. The first-order valence-electron chi connectivity index (χ1n) is 20.1. The molecule has 2 saturated carbocycles. The maximum absolute atomic E-state index is 14.0. The molecule has 10 atom stereocenters. The van der Waals surface area contributed by atoms with Crippen molar-refractivity contribution >= 4 is 47.8 Å². The molecular formula is C44H50N4O12. The van der Waals surface area contributed by atoms with Crippen molar-refractivity contribution in [3.63, 3.8) is 0 Å². The summed E-state index contributed by atoms with van der Waals surface area (Å²) in [7, 11) is 0. The molecule has 4 fully saturated rings. The summed E-state index contributed by atoms with van der Waals surface area (Å²) in [5.74, 6) is -9.10. The van der Waals surface area contributed by atoms with E-state index in [1.165, 1.54) is 0 Å². The van der Waals surface area contributed by atoms with Crippen LogP contribution in [-0.4, -0.2) is 94.3 Å². The number of carbonyl (C=O) groups is 8. The summed E-state index contributed by atoms with van der Waals surface area (Å²) >= 11 is 0. The number of carbonyl (C=O) groups excluding carboxylic acids is 8. The largest absolute Gasteiger partial charge is 0.444 e. The van der Waals surface area contributed by atoms with Gasteiger partial charge >= 0.3 is 24.1 Å². The second-order valence-corrected chi connectivity index (χ2v) is 18.0. The average Bonchev–Trinajstić information content (AvgIpc) is 3.53. The number of nitrogens with zero attached hydrogens (tertiary/aromatic N) is 2. The first kappa shape index (κ1) is 42.1. The number of amides is 6. The van der Waals surface area contributed by atoms with Crippen molar-refractivity contribution < 1.29 is 57.3 Å². The standard InChI is InChI=1S/C44H50N4O12/c1-43(2,3)59-41(55)45-27(19-23-13-9-7-10-14-23)39(53)57-21-47-35(49)31-25-17-18-26(32(31)36(47)50)30-29(25)33-34(30)38(52)48(37(33)51)22-58-40(54)28(20-24-15-11-8-12-16-24)46-42(56)60-44(4,5)6/h7-18,25-34H,19-22H2,1-6H3,(H,45,55)(H,46,56)/t25-,26+,27-,28-,29+,30-,31+,32-,33+,34-/m0/s1. The zero-order chi connectivity index (χ0) is 43.3. The number of likely N-dealkylation sites (tertiary alicyclic amines) is 2. The molecule has 2 N–H and O–H groups in total. The summed E-state index contributed by atoms with van der Waals surface area (Å²) in [6.45, 7) is 8.72. The van der Waals surface area contributed by atoms with Gasteiger partial charge in [-0.1, -0.05) is 72.8 Å². The molecule has 318 valence electrons. The van der Waals surface area contributed by atoms with Gasteiger partial charge < -0.3 is 29.6 Å². The molecule has 2 heterocycles. The SMILES string of the molecule is CC(C)(C)OC(=O)N[C@@H](Cc1ccccc1)C(=O)OCN1C(=O)[C@@H]2[C@H]3C=C[C@@H]([C@@H]2C1=O)[C@@H]1[C@@H]2C(=O)N(COC(=O)[C@H](Cc4ccccc4)NC(=O)OC(C)(C)C)C(=O)[C@@H]2[C@H]31. The summed E-state index contributed by atoms with van der Waals surface area (Å²) in [4.78, 5) is 110. The number of ether oxygens (including phenoxy) is 4. The summed E-state index contributed by atoms with van der Waals surface area (Å²) < 4.78 is 21.7. The Labute approximate surface area is 347 Å². The van der Waals surface area contributed by atoms with Crippen LogP contribution in [0.2, 0.25) is 0 Å². The summed E-state index contributed by atoms with van der Waals surface area (Å²) in [6.07, 6.45) is 2.10. The van der Waals surface area contributed by atoms with E-state index < -0.39 is 132 Å². The number of hydrogen-bond donors (Lipinski definition) is 2. The summed E-state index contributed by atoms with van der Waals surface area (Å²) in [5, 5.41) is 5.08. The smallest absolute Gasteiger partial charge is 0.408 e. The summed E-state index contributed by atoms with van der Waals surface area (Å²) in [5.41, 5.74) is -0.225. The molecule has 0 radical (unpaired) electrons. The lowest BCUT2D eigenvalue weighted by Gasteiger charge is -2.60. The van der Waals surface area contributed by atoms with Crippen LogP contribution in [0.25, 0.3) is 0 Å². The second-order valence-electron chi connectivity index (χ2n) is 18.0. The topological polar surface area (TPSA) is 204 Å². The van der Waals surface area contributed by atoms with Crippen LogP contribution in [0.1, 0.15) is 52.7 Å². The number of nitrogens with one attached hydrogen (secondary N) is 2. The zero-order valence-corrected chi connectivity index (χ0v) is 34.3. The third-order valence-corrected chi connectivity index (χ3v) is 11.7. The molecule has 4 aliphatic carbocycles. The highest BCUT2D eigenvalue weighted by molar-refractivity contribution is 6.09. The number of benzene rings is 2. The fraction of sp³-hybridized carbons (Fsp3) is 0.500. The molecule has 6 aliphatic rings. The van der Waals surface area contributed by atoms with E-state index in [1.807, 2.05) is 12.2 Å². The first-order chi connectivity index (χ1) is 28.3. The van der Waals surface area contributed by atoms with Gasteiger partial charge in [0.15, 0.2) is 13.5 Å². The Morgan fingerprint density at radius 1 is 0.550 bits per heavy atom. The number of rotatable bonds is 12. The van der Waals surface area contributed by atoms with Crippen LogP contribution in [-0.2, 0) is 60.6 Å². The van der Waals surface area contributed by atoms with E-state index in [2.05, 4.69) is 10.6 Å². The molecule has 0 aromatic heterocycles. The molecule has 0 spiro atoms. The Hall–Kier alpha value is -6.06. The maximum Gasteiger partial charge on any atom is 0.408 e. The van der Waals surface area contributed by atoms with E-state index in [4.69, 9.17) is 18.9 Å². The second kappa shape index (κ2) is 16.2. The molecule has 6 amide bonds. The van der Waals surface area contributed by atoms with Crippen molar-refractivity contribution in [2.75, 3.05) is 13.5 Å². The minimum absolute atomic E-state index is 0.0573. The average molecular weight is 827 g/mol. The van der Waals surface area contributed by atoms with Gasteiger partial charge in [0.05, 0.1) is 23.7 Å². The highest BCUT2D eigenvalue weighted by Gasteiger charge is 2.75. The van der Waals surface area contributed by atoms with E-state index in [1.54, 1.807) is 102 Å². The van der Waals surface area contributed by atoms with Crippen LogP contribution in [0.3, 0.4) is 0 Å². The van der Waals surface area contributed by atoms with Gasteiger partial charge in [-0.05, 0) is 76.3 Å². The van der Waals surface area contributed by atoms with Gasteiger partial charge in [0.1, 0.15) is 23.3 Å². The van der Waals surface area contributed by atoms with Gasteiger partial charge in [-0.15, -0.1) is 0 Å². The molecular weight excluding hydrogens is 776 g/mol. The van der Waals surface area contributed by atoms with Gasteiger partial charge in [0.2, 0.25) is 23.6 Å². The normalized spacial score (nSPS) is 27.2. The van der Waals surface area contributed by atoms with E-state index in [0.717, 1.165) is 20.9 Å². The predicted molar refractivity (Wildman–Crippen MR) is 209 cm³/mol. The number of esters is 2. The van der Waals surface area contributed by atoms with Crippen molar-refractivity contribution in [1.29, 1.82) is 0 Å². The van der Waals surface area contributed by atoms with Gasteiger partial charge in [-0.25, -0.2) is 29.0 Å². The number of fused-ring (bicyclic) bond motifs is 1. The molecule has 8 rings (SSSR count). The van der Waals surface area contributed by atoms with Gasteiger partial charge in [-0.2, -0.15) is 0 Å². The van der Waals surface area contributed by atoms with E-state index in [9.17, 15) is 38.4 Å². The van der Waals surface area contributed by atoms with Gasteiger partial charge in [-0.3, -0.25) is 19.2 Å². The number of allylic oxidation sites excluding steroid dienone is 2. The van der Waals surface area contributed by atoms with Crippen molar-refractivity contribution in [1.82, 2.24) is 20.4 Å². The van der Waals surface area contributed by atoms with Gasteiger partial charge in [0.25, 0.3) is 0 Å². The highest BCUT2D eigenvalue weighted by Crippen LogP contribution is 2.68. The lowest BCUT2D eigenvalue weighted by molar-refractivity contribution is -0.166. The number of alkyl carbamates (subject to hydrolysis) is 2. The van der Waals surface area contributed by atoms with E-state index in [0.29, 0.717) is 0 Å². The Balaban J connectivity index is 1.00. The van der Waals surface area contributed by atoms with Crippen LogP contribution in [0.5, 0.6) is 0 Å². The minimum Gasteiger partial charge on any atom is -0.444 e. The van der Waals surface area contributed by atoms with Crippen LogP contribution < -0.4 is 10.6 Å². The fourth-order valence-electron chi connectivity index (χ4n) is 9.42. The highest BCUT2D eigenvalue weighted by atomic mass is 16.6. The van der Waals surface area contributed by atoms with E-state index >= 15 is 0 Å². The lowest BCUT2D eigenvalue weighted by Crippen LogP contribution is -2.63. The third-order valence-electron chi connectivity index (χ3n) is 11.7. The quantitative estimate of drug-likeness (QED) is 0.137. The maximum atomic E-state index is 14.0. The van der Waals surface area contributed by atoms with Crippen LogP contribution in [0, 0.1) is 47.3 Å². The number of imide groups is 2. The predicted octanol–water partition coefficient (Wildman–Crippen LogP) is 3.52. The van der Waals surface area contributed by atoms with Crippen molar-refractivity contribution in [3.05, 3.63) is 83.9 Å². The van der Waals surface area contributed by atoms with E-state index in [-0.39, 0.29) is 12.8 Å². The molecule has 2 aromatic rings. The molecule has 16 nitrogen and oxygen atoms in total. The van der Waals surface area contributed by atoms with Gasteiger partial charge in [0, 0.05) is 12.8 Å². The number of hydrogen-bond acceptors (Lipinski definition) is 12. The van der Waals surface area contributed by atoms with Crippen molar-refractivity contribution in [3.8, 4) is 0 Å². The Morgan fingerprint density at radius 2 is 0.883 bits per heavy atom. The zero-order valence-electron chi connectivity index (χ0n) is 34.3. The minimum atomic E-state index is -1.19. The van der Waals surface area contributed by atoms with Crippen LogP contribution in [0.4, 0.5) is 9.59 Å². The Morgan fingerprint density at radius 3 is 1.22 bits per heavy atom. The Bertz CT molecular complexity index is 2040. The van der Waals surface area contributed by atoms with Crippen LogP contribution >= 0.6 is 0 Å². The lowest BCUT2D eigenvalue weighted by atomic mass is 9.40. The molecule has 2 bridgehead atoms. The molecule has 2 aromatic carbocycles. The molecule has 60 heavy (non-hydrogen) atoms.